The molecule has 33 heavy (non-hydrogen) atoms. The predicted molar refractivity (Wildman–Crippen MR) is 125 cm³/mol. The molecule has 2 heterocycles. The molecule has 8 nitrogen and oxygen atoms in total. The number of carbonyl (C=O) groups is 1. The van der Waals surface area contributed by atoms with Gasteiger partial charge in [-0.2, -0.15) is 4.31 Å². The summed E-state index contributed by atoms with van der Waals surface area (Å²) in [6, 6.07) is 12.0. The molecule has 2 aromatic carbocycles. The Kier molecular flexibility index (Phi) is 6.90. The quantitative estimate of drug-likeness (QED) is 0.584. The molecule has 0 bridgehead atoms. The number of sulfonamides is 1. The first kappa shape index (κ1) is 23.1. The second-order valence-electron chi connectivity index (χ2n) is 8.39. The topological polar surface area (TPSA) is 105 Å². The molecule has 1 fully saturated rings. The van der Waals surface area contributed by atoms with Crippen molar-refractivity contribution < 1.29 is 17.6 Å². The van der Waals surface area contributed by atoms with Crippen LogP contribution >= 0.6 is 0 Å². The van der Waals surface area contributed by atoms with Gasteiger partial charge in [0.1, 0.15) is 0 Å². The first-order valence-corrected chi connectivity index (χ1v) is 12.6. The normalized spacial score (nSPS) is 15.2. The molecule has 9 heteroatoms. The lowest BCUT2D eigenvalue weighted by Crippen LogP contribution is -2.31. The Morgan fingerprint density at radius 3 is 2.33 bits per heavy atom. The Labute approximate surface area is 194 Å². The van der Waals surface area contributed by atoms with Gasteiger partial charge < -0.3 is 4.42 Å². The number of benzene rings is 2. The van der Waals surface area contributed by atoms with Gasteiger partial charge in [0.2, 0.25) is 15.9 Å². The maximum atomic E-state index is 12.9. The van der Waals surface area contributed by atoms with Gasteiger partial charge in [0.05, 0.1) is 11.3 Å². The van der Waals surface area contributed by atoms with Gasteiger partial charge in [0.25, 0.3) is 5.91 Å². The molecule has 0 atom stereocenters. The van der Waals surface area contributed by atoms with E-state index in [-0.39, 0.29) is 10.9 Å². The van der Waals surface area contributed by atoms with Crippen molar-refractivity contribution in [2.75, 3.05) is 18.4 Å². The summed E-state index contributed by atoms with van der Waals surface area (Å²) in [5.74, 6) is -0.0532. The number of rotatable bonds is 6. The van der Waals surface area contributed by atoms with Gasteiger partial charge in [-0.15, -0.1) is 5.10 Å². The number of carbonyl (C=O) groups excluding carboxylic acids is 1. The number of amides is 1. The second kappa shape index (κ2) is 9.84. The van der Waals surface area contributed by atoms with E-state index in [1.54, 1.807) is 0 Å². The lowest BCUT2D eigenvalue weighted by atomic mass is 10.0. The summed E-state index contributed by atoms with van der Waals surface area (Å²) in [5, 5.41) is 10.5. The molecule has 1 aromatic heterocycles. The highest BCUT2D eigenvalue weighted by Crippen LogP contribution is 2.21. The van der Waals surface area contributed by atoms with Crippen molar-refractivity contribution in [1.29, 1.82) is 0 Å². The number of hydrogen-bond acceptors (Lipinski definition) is 6. The molecule has 1 aliphatic rings. The fraction of sp³-hybridized carbons (Fsp3) is 0.375. The highest BCUT2D eigenvalue weighted by Gasteiger charge is 2.25. The zero-order valence-electron chi connectivity index (χ0n) is 18.9. The van der Waals surface area contributed by atoms with Crippen molar-refractivity contribution in [3.63, 3.8) is 0 Å². The zero-order valence-corrected chi connectivity index (χ0v) is 19.7. The molecule has 0 aliphatic carbocycles. The monoisotopic (exact) mass is 468 g/mol. The van der Waals surface area contributed by atoms with E-state index in [0.717, 1.165) is 31.2 Å². The molecule has 174 valence electrons. The average molecular weight is 469 g/mol. The van der Waals surface area contributed by atoms with Gasteiger partial charge in [0, 0.05) is 18.7 Å². The van der Waals surface area contributed by atoms with E-state index in [9.17, 15) is 13.2 Å². The third-order valence-electron chi connectivity index (χ3n) is 5.93. The maximum absolute atomic E-state index is 12.9. The van der Waals surface area contributed by atoms with Crippen molar-refractivity contribution in [2.45, 2.75) is 50.8 Å². The zero-order chi connectivity index (χ0) is 23.4. The summed E-state index contributed by atoms with van der Waals surface area (Å²) in [4.78, 5) is 12.8. The molecule has 1 saturated heterocycles. The van der Waals surface area contributed by atoms with E-state index in [2.05, 4.69) is 28.5 Å². The summed E-state index contributed by atoms with van der Waals surface area (Å²) in [6.07, 6.45) is 4.30. The van der Waals surface area contributed by atoms with E-state index in [0.29, 0.717) is 31.0 Å². The van der Waals surface area contributed by atoms with Gasteiger partial charge in [-0.05, 0) is 67.6 Å². The van der Waals surface area contributed by atoms with Gasteiger partial charge in [-0.25, -0.2) is 8.42 Å². The molecular weight excluding hydrogens is 440 g/mol. The van der Waals surface area contributed by atoms with E-state index >= 15 is 0 Å². The molecule has 4 rings (SSSR count). The molecule has 0 radical (unpaired) electrons. The van der Waals surface area contributed by atoms with Gasteiger partial charge in [-0.3, -0.25) is 10.1 Å². The third-order valence-corrected chi connectivity index (χ3v) is 7.85. The number of aryl methyl sites for hydroxylation is 2. The predicted octanol–water partition coefficient (Wildman–Crippen LogP) is 4.09. The van der Waals surface area contributed by atoms with E-state index in [1.807, 2.05) is 19.1 Å². The molecule has 1 aliphatic heterocycles. The van der Waals surface area contributed by atoms with Crippen LogP contribution in [0.15, 0.2) is 51.8 Å². The summed E-state index contributed by atoms with van der Waals surface area (Å²) in [7, 11) is -3.56. The molecular formula is C24H28N4O4S. The Morgan fingerprint density at radius 1 is 0.970 bits per heavy atom. The standard InChI is InChI=1S/C24H28N4O4S/c1-17-7-8-19(15-18(17)2)16-22-26-27-24(32-22)25-23(29)20-9-11-21(12-10-20)33(30,31)28-13-5-3-4-6-14-28/h7-12,15H,3-6,13-14,16H2,1-2H3,(H,25,27,29). The maximum Gasteiger partial charge on any atom is 0.322 e. The number of hydrogen-bond donors (Lipinski definition) is 1. The molecule has 0 unspecified atom stereocenters. The first-order valence-electron chi connectivity index (χ1n) is 11.1. The van der Waals surface area contributed by atoms with Crippen LogP contribution in [-0.4, -0.2) is 41.9 Å². The molecule has 3 aromatic rings. The number of nitrogens with zero attached hydrogens (tertiary/aromatic N) is 3. The van der Waals surface area contributed by atoms with Crippen LogP contribution in [0.4, 0.5) is 6.01 Å². The Hall–Kier alpha value is -3.04. The average Bonchev–Trinajstić information content (AvgIpc) is 3.05. The second-order valence-corrected chi connectivity index (χ2v) is 10.3. The summed E-state index contributed by atoms with van der Waals surface area (Å²) in [5.41, 5.74) is 3.74. The van der Waals surface area contributed by atoms with Crippen LogP contribution in [0.25, 0.3) is 0 Å². The van der Waals surface area contributed by atoms with E-state index in [4.69, 9.17) is 4.42 Å². The lowest BCUT2D eigenvalue weighted by Gasteiger charge is -2.19. The highest BCUT2D eigenvalue weighted by molar-refractivity contribution is 7.89. The molecule has 0 spiro atoms. The Bertz CT molecular complexity index is 1230. The summed E-state index contributed by atoms with van der Waals surface area (Å²) < 4.78 is 32.9. The Balaban J connectivity index is 1.40. The smallest absolute Gasteiger partial charge is 0.322 e. The number of anilines is 1. The fourth-order valence-corrected chi connectivity index (χ4v) is 5.36. The van der Waals surface area contributed by atoms with Crippen molar-refractivity contribution in [2.24, 2.45) is 0 Å². The Morgan fingerprint density at radius 2 is 1.67 bits per heavy atom. The van der Waals surface area contributed by atoms with Crippen LogP contribution in [0.1, 0.15) is 58.6 Å². The molecule has 1 N–H and O–H groups in total. The minimum atomic E-state index is -3.56. The van der Waals surface area contributed by atoms with E-state index < -0.39 is 15.9 Å². The van der Waals surface area contributed by atoms with Gasteiger partial charge in [-0.1, -0.05) is 36.1 Å². The minimum absolute atomic E-state index is 0.0000911. The van der Waals surface area contributed by atoms with E-state index in [1.165, 1.54) is 39.7 Å². The summed E-state index contributed by atoms with van der Waals surface area (Å²) >= 11 is 0. The lowest BCUT2D eigenvalue weighted by molar-refractivity contribution is 0.102. The molecule has 0 saturated carbocycles. The SMILES string of the molecule is Cc1ccc(Cc2nnc(NC(=O)c3ccc(S(=O)(=O)N4CCCCCC4)cc3)o2)cc1C. The first-order chi connectivity index (χ1) is 15.8. The van der Waals surface area contributed by atoms with Crippen LogP contribution in [0.3, 0.4) is 0 Å². The van der Waals surface area contributed by atoms with Crippen molar-refractivity contribution in [3.8, 4) is 0 Å². The van der Waals surface area contributed by atoms with Gasteiger partial charge >= 0.3 is 6.01 Å². The van der Waals surface area contributed by atoms with Crippen molar-refractivity contribution in [1.82, 2.24) is 14.5 Å². The van der Waals surface area contributed by atoms with Crippen LogP contribution in [0.5, 0.6) is 0 Å². The van der Waals surface area contributed by atoms with Gasteiger partial charge in [0.15, 0.2) is 0 Å². The van der Waals surface area contributed by atoms with Crippen LogP contribution in [0, 0.1) is 13.8 Å². The number of nitrogens with one attached hydrogen (secondary N) is 1. The number of aromatic nitrogens is 2. The fourth-order valence-electron chi connectivity index (χ4n) is 3.84. The van der Waals surface area contributed by atoms with Crippen molar-refractivity contribution in [3.05, 3.63) is 70.6 Å². The molecule has 1 amide bonds. The third kappa shape index (κ3) is 5.48. The summed E-state index contributed by atoms with van der Waals surface area (Å²) in [6.45, 7) is 5.16. The van der Waals surface area contributed by atoms with Crippen molar-refractivity contribution >= 4 is 21.9 Å². The van der Waals surface area contributed by atoms with Crippen LogP contribution in [0.2, 0.25) is 0 Å². The van der Waals surface area contributed by atoms with Crippen LogP contribution < -0.4 is 5.32 Å². The van der Waals surface area contributed by atoms with Crippen LogP contribution in [-0.2, 0) is 16.4 Å². The largest absolute Gasteiger partial charge is 0.407 e. The highest BCUT2D eigenvalue weighted by atomic mass is 32.2. The minimum Gasteiger partial charge on any atom is -0.407 e.